The van der Waals surface area contributed by atoms with E-state index in [-0.39, 0.29) is 11.6 Å². The van der Waals surface area contributed by atoms with E-state index >= 15 is 0 Å². The first-order valence-electron chi connectivity index (χ1n) is 11.5. The Kier molecular flexibility index (Phi) is 7.42. The Hall–Kier alpha value is -3.77. The summed E-state index contributed by atoms with van der Waals surface area (Å²) in [5, 5.41) is 14.8. The predicted molar refractivity (Wildman–Crippen MR) is 144 cm³/mol. The van der Waals surface area contributed by atoms with Crippen LogP contribution in [0.4, 0.5) is 10.1 Å². The van der Waals surface area contributed by atoms with Gasteiger partial charge in [0.15, 0.2) is 17.4 Å². The van der Waals surface area contributed by atoms with E-state index < -0.39 is 0 Å². The Morgan fingerprint density at radius 3 is 2.40 bits per heavy atom. The molecule has 35 heavy (non-hydrogen) atoms. The van der Waals surface area contributed by atoms with Gasteiger partial charge in [-0.15, -0.1) is 0 Å². The highest BCUT2D eigenvalue weighted by atomic mass is 32.1. The standard InChI is InChI=1S/C29H28FN3OS/c1-20-8-7-16-32(19-20)27(29(35)31-25-9-5-4-6-10-25)28(34)26-18-21(2)33(22(26)3)17-15-23-11-13-24(30)14-12-23/h4-14,16,18-19H,15,17H2,1-3H3,(H-,31,34,35)/p+1. The van der Waals surface area contributed by atoms with Gasteiger partial charge in [0.25, 0.3) is 5.70 Å². The van der Waals surface area contributed by atoms with Crippen LogP contribution >= 0.6 is 12.2 Å². The van der Waals surface area contributed by atoms with E-state index in [0.29, 0.717) is 10.7 Å². The number of nitrogens with one attached hydrogen (secondary N) is 1. The number of pyridine rings is 1. The second kappa shape index (κ2) is 10.7. The molecule has 0 fully saturated rings. The molecular weight excluding hydrogens is 457 g/mol. The van der Waals surface area contributed by atoms with Crippen LogP contribution in [0.5, 0.6) is 0 Å². The predicted octanol–water partition coefficient (Wildman–Crippen LogP) is 6.41. The molecule has 0 saturated heterocycles. The second-order valence-corrected chi connectivity index (χ2v) is 9.03. The average Bonchev–Trinajstić information content (AvgIpc) is 3.12. The van der Waals surface area contributed by atoms with Crippen LogP contribution in [0.2, 0.25) is 0 Å². The average molecular weight is 487 g/mol. The molecule has 6 heteroatoms. The molecule has 4 aromatic rings. The molecule has 0 aliphatic heterocycles. The van der Waals surface area contributed by atoms with E-state index in [9.17, 15) is 9.50 Å². The lowest BCUT2D eigenvalue weighted by molar-refractivity contribution is -0.576. The lowest BCUT2D eigenvalue weighted by Gasteiger charge is -2.12. The fraction of sp³-hybridized carbons (Fsp3) is 0.172. The van der Waals surface area contributed by atoms with Crippen LogP contribution in [-0.4, -0.2) is 14.7 Å². The first-order chi connectivity index (χ1) is 16.8. The first-order valence-corrected chi connectivity index (χ1v) is 11.9. The minimum absolute atomic E-state index is 0.107. The minimum Gasteiger partial charge on any atom is -0.502 e. The molecule has 0 saturated carbocycles. The van der Waals surface area contributed by atoms with Crippen molar-refractivity contribution in [2.75, 3.05) is 5.32 Å². The van der Waals surface area contributed by atoms with Gasteiger partial charge in [-0.3, -0.25) is 0 Å². The summed E-state index contributed by atoms with van der Waals surface area (Å²) in [4.78, 5) is 0.417. The third-order valence-electron chi connectivity index (χ3n) is 6.04. The molecule has 2 N–H and O–H groups in total. The highest BCUT2D eigenvalue weighted by Crippen LogP contribution is 2.26. The molecular formula is C29H29FN3OS+. The number of anilines is 1. The van der Waals surface area contributed by atoms with Crippen LogP contribution in [0.25, 0.3) is 11.5 Å². The smallest absolute Gasteiger partial charge is 0.288 e. The molecule has 0 spiro atoms. The highest BCUT2D eigenvalue weighted by Gasteiger charge is 2.26. The highest BCUT2D eigenvalue weighted by molar-refractivity contribution is 7.81. The van der Waals surface area contributed by atoms with Crippen molar-refractivity contribution < 1.29 is 14.1 Å². The zero-order chi connectivity index (χ0) is 24.9. The summed E-state index contributed by atoms with van der Waals surface area (Å²) in [6.45, 7) is 6.74. The van der Waals surface area contributed by atoms with Gasteiger partial charge in [-0.1, -0.05) is 42.5 Å². The van der Waals surface area contributed by atoms with Gasteiger partial charge in [0, 0.05) is 40.8 Å². The molecule has 0 aliphatic rings. The number of benzene rings is 2. The number of aryl methyl sites for hydroxylation is 3. The van der Waals surface area contributed by atoms with Gasteiger partial charge in [0.05, 0.1) is 0 Å². The summed E-state index contributed by atoms with van der Waals surface area (Å²) in [7, 11) is 0. The van der Waals surface area contributed by atoms with Crippen molar-refractivity contribution in [2.24, 2.45) is 0 Å². The third kappa shape index (κ3) is 5.66. The normalized spacial score (nSPS) is 11.8. The van der Waals surface area contributed by atoms with Crippen molar-refractivity contribution in [3.8, 4) is 0 Å². The van der Waals surface area contributed by atoms with E-state index in [1.807, 2.05) is 98.4 Å². The molecule has 2 heterocycles. The maximum atomic E-state index is 13.3. The first kappa shape index (κ1) is 24.4. The van der Waals surface area contributed by atoms with Gasteiger partial charge in [0.1, 0.15) is 5.82 Å². The number of nitrogens with zero attached hydrogens (tertiary/aromatic N) is 2. The summed E-state index contributed by atoms with van der Waals surface area (Å²) in [5.74, 6) is -0.129. The van der Waals surface area contributed by atoms with Crippen LogP contribution in [-0.2, 0) is 13.0 Å². The summed E-state index contributed by atoms with van der Waals surface area (Å²) >= 11 is 5.78. The van der Waals surface area contributed by atoms with Gasteiger partial charge in [0.2, 0.25) is 5.76 Å². The Balaban J connectivity index is 1.72. The van der Waals surface area contributed by atoms with E-state index in [2.05, 4.69) is 9.88 Å². The van der Waals surface area contributed by atoms with Gasteiger partial charge >= 0.3 is 0 Å². The van der Waals surface area contributed by atoms with Gasteiger partial charge in [-0.25, -0.2) is 4.39 Å². The molecule has 0 atom stereocenters. The summed E-state index contributed by atoms with van der Waals surface area (Å²) in [5.41, 5.74) is 6.15. The van der Waals surface area contributed by atoms with Crippen molar-refractivity contribution in [1.82, 2.24) is 4.57 Å². The van der Waals surface area contributed by atoms with Gasteiger partial charge in [-0.05, 0) is 69.2 Å². The number of hydrogen-bond acceptors (Lipinski definition) is 2. The number of thiocarbonyl (C=S) groups is 1. The maximum Gasteiger partial charge on any atom is 0.288 e. The van der Waals surface area contributed by atoms with Crippen LogP contribution in [0.1, 0.15) is 28.1 Å². The van der Waals surface area contributed by atoms with Gasteiger partial charge in [-0.2, -0.15) is 4.57 Å². The Morgan fingerprint density at radius 2 is 1.71 bits per heavy atom. The second-order valence-electron chi connectivity index (χ2n) is 8.62. The number of hydrogen-bond donors (Lipinski definition) is 2. The van der Waals surface area contributed by atoms with Crippen LogP contribution in [0.15, 0.2) is 85.2 Å². The van der Waals surface area contributed by atoms with Crippen molar-refractivity contribution in [3.05, 3.63) is 119 Å². The van der Waals surface area contributed by atoms with Crippen molar-refractivity contribution in [3.63, 3.8) is 0 Å². The number of para-hydroxylation sites is 1. The number of rotatable bonds is 7. The Labute approximate surface area is 211 Å². The van der Waals surface area contributed by atoms with Crippen LogP contribution in [0.3, 0.4) is 0 Å². The number of aromatic nitrogens is 2. The zero-order valence-corrected chi connectivity index (χ0v) is 20.9. The Morgan fingerprint density at radius 1 is 1.00 bits per heavy atom. The number of halogens is 1. The number of aliphatic hydroxyl groups is 1. The quantitative estimate of drug-likeness (QED) is 0.137. The summed E-state index contributed by atoms with van der Waals surface area (Å²) in [6, 6.07) is 22.2. The van der Waals surface area contributed by atoms with E-state index in [1.165, 1.54) is 12.1 Å². The van der Waals surface area contributed by atoms with Crippen molar-refractivity contribution in [2.45, 2.75) is 33.7 Å². The molecule has 0 amide bonds. The van der Waals surface area contributed by atoms with Crippen molar-refractivity contribution in [1.29, 1.82) is 0 Å². The van der Waals surface area contributed by atoms with Crippen LogP contribution < -0.4 is 9.88 Å². The summed E-state index contributed by atoms with van der Waals surface area (Å²) in [6.07, 6.45) is 4.58. The van der Waals surface area contributed by atoms with Crippen molar-refractivity contribution >= 4 is 34.3 Å². The third-order valence-corrected chi connectivity index (χ3v) is 6.34. The fourth-order valence-electron chi connectivity index (χ4n) is 4.20. The monoisotopic (exact) mass is 486 g/mol. The minimum atomic E-state index is -0.235. The number of aliphatic hydroxyl groups excluding tert-OH is 1. The van der Waals surface area contributed by atoms with E-state index in [4.69, 9.17) is 12.2 Å². The largest absolute Gasteiger partial charge is 0.502 e. The molecule has 2 aromatic heterocycles. The molecule has 0 aliphatic carbocycles. The zero-order valence-electron chi connectivity index (χ0n) is 20.1. The molecule has 4 rings (SSSR count). The SMILES string of the molecule is Cc1ccc[n+](/C(C(=S)Nc2ccccc2)=C(\O)c2cc(C)n(CCc3ccc(F)cc3)c2C)c1. The molecule has 178 valence electrons. The fourth-order valence-corrected chi connectivity index (χ4v) is 4.52. The summed E-state index contributed by atoms with van der Waals surface area (Å²) < 4.78 is 17.3. The lowest BCUT2D eigenvalue weighted by atomic mass is 10.1. The molecule has 4 nitrogen and oxygen atoms in total. The lowest BCUT2D eigenvalue weighted by Crippen LogP contribution is -2.38. The van der Waals surface area contributed by atoms with Crippen LogP contribution in [0, 0.1) is 26.6 Å². The molecule has 0 radical (unpaired) electrons. The topological polar surface area (TPSA) is 41.1 Å². The van der Waals surface area contributed by atoms with Gasteiger partial charge < -0.3 is 15.0 Å². The molecule has 0 unspecified atom stereocenters. The molecule has 0 bridgehead atoms. The van der Waals surface area contributed by atoms with E-state index in [1.54, 1.807) is 0 Å². The van der Waals surface area contributed by atoms with E-state index in [0.717, 1.165) is 46.7 Å². The maximum absolute atomic E-state index is 13.3. The Bertz CT molecular complexity index is 1380. The molecule has 2 aromatic carbocycles.